The molecule has 88 valence electrons. The molecular weight excluding hydrogens is 331 g/mol. The molecule has 2 aliphatic rings. The van der Waals surface area contributed by atoms with Crippen LogP contribution in [0.5, 0.6) is 0 Å². The fraction of sp³-hybridized carbons (Fsp3) is 0.417. The second kappa shape index (κ2) is 4.04. The molecule has 0 aromatic carbocycles. The lowest BCUT2D eigenvalue weighted by Crippen LogP contribution is -2.46. The Hall–Kier alpha value is -0.980. The van der Waals surface area contributed by atoms with Gasteiger partial charge in [-0.1, -0.05) is 0 Å². The lowest BCUT2D eigenvalue weighted by atomic mass is 9.97. The highest BCUT2D eigenvalue weighted by Crippen LogP contribution is 2.39. The Labute approximate surface area is 113 Å². The van der Waals surface area contributed by atoms with Crippen molar-refractivity contribution in [1.82, 2.24) is 4.98 Å². The van der Waals surface area contributed by atoms with Gasteiger partial charge in [0.1, 0.15) is 5.82 Å². The SMILES string of the molecule is O=C1C2CCC(C2)C(=O)N1c1ccc(I)cn1. The molecule has 2 bridgehead atoms. The predicted molar refractivity (Wildman–Crippen MR) is 70.3 cm³/mol. The summed E-state index contributed by atoms with van der Waals surface area (Å²) in [5, 5.41) is 0. The number of hydrogen-bond donors (Lipinski definition) is 0. The lowest BCUT2D eigenvalue weighted by Gasteiger charge is -2.28. The van der Waals surface area contributed by atoms with E-state index in [1.54, 1.807) is 12.3 Å². The Morgan fingerprint density at radius 2 is 1.82 bits per heavy atom. The van der Waals surface area contributed by atoms with Gasteiger partial charge in [-0.25, -0.2) is 9.88 Å². The van der Waals surface area contributed by atoms with Crippen molar-refractivity contribution in [3.05, 3.63) is 21.9 Å². The maximum absolute atomic E-state index is 12.1. The van der Waals surface area contributed by atoms with Gasteiger partial charge in [0.25, 0.3) is 0 Å². The first kappa shape index (κ1) is 11.1. The molecular formula is C12H11IN2O2. The number of amides is 2. The second-order valence-electron chi connectivity index (χ2n) is 4.55. The van der Waals surface area contributed by atoms with Crippen molar-refractivity contribution < 1.29 is 9.59 Å². The van der Waals surface area contributed by atoms with Crippen molar-refractivity contribution in [3.8, 4) is 0 Å². The van der Waals surface area contributed by atoms with Crippen molar-refractivity contribution in [1.29, 1.82) is 0 Å². The van der Waals surface area contributed by atoms with Gasteiger partial charge in [-0.2, -0.15) is 0 Å². The van der Waals surface area contributed by atoms with E-state index in [9.17, 15) is 9.59 Å². The maximum Gasteiger partial charge on any atom is 0.238 e. The van der Waals surface area contributed by atoms with Gasteiger partial charge >= 0.3 is 0 Å². The number of piperidine rings is 1. The molecule has 1 aliphatic carbocycles. The number of hydrogen-bond acceptors (Lipinski definition) is 3. The standard InChI is InChI=1S/C12H11IN2O2/c13-9-3-4-10(14-6-9)15-11(16)7-1-2-8(5-7)12(15)17/h3-4,6-8H,1-2,5H2. The van der Waals surface area contributed by atoms with Crippen LogP contribution in [0.4, 0.5) is 5.82 Å². The van der Waals surface area contributed by atoms with Crippen LogP contribution < -0.4 is 4.90 Å². The molecule has 2 heterocycles. The van der Waals surface area contributed by atoms with Gasteiger partial charge in [-0.15, -0.1) is 0 Å². The highest BCUT2D eigenvalue weighted by molar-refractivity contribution is 14.1. The molecule has 5 heteroatoms. The van der Waals surface area contributed by atoms with Crippen LogP contribution in [0.2, 0.25) is 0 Å². The first-order chi connectivity index (χ1) is 8.16. The zero-order valence-electron chi connectivity index (χ0n) is 9.10. The van der Waals surface area contributed by atoms with E-state index >= 15 is 0 Å². The number of rotatable bonds is 1. The van der Waals surface area contributed by atoms with E-state index in [1.165, 1.54) is 4.90 Å². The summed E-state index contributed by atoms with van der Waals surface area (Å²) in [6, 6.07) is 3.60. The van der Waals surface area contributed by atoms with E-state index in [2.05, 4.69) is 27.6 Å². The topological polar surface area (TPSA) is 50.3 Å². The predicted octanol–water partition coefficient (Wildman–Crippen LogP) is 1.98. The van der Waals surface area contributed by atoms with Gasteiger partial charge in [-0.05, 0) is 54.0 Å². The zero-order chi connectivity index (χ0) is 12.0. The Balaban J connectivity index is 1.99. The summed E-state index contributed by atoms with van der Waals surface area (Å²) in [6.45, 7) is 0. The number of nitrogens with zero attached hydrogens (tertiary/aromatic N) is 2. The Bertz CT molecular complexity index is 464. The third kappa shape index (κ3) is 1.76. The quantitative estimate of drug-likeness (QED) is 0.579. The summed E-state index contributed by atoms with van der Waals surface area (Å²) in [5.41, 5.74) is 0. The monoisotopic (exact) mass is 342 g/mol. The van der Waals surface area contributed by atoms with Gasteiger partial charge in [0.05, 0.1) is 0 Å². The molecule has 2 fully saturated rings. The van der Waals surface area contributed by atoms with Crippen LogP contribution in [-0.4, -0.2) is 16.8 Å². The average molecular weight is 342 g/mol. The molecule has 0 N–H and O–H groups in total. The van der Waals surface area contributed by atoms with E-state index in [0.717, 1.165) is 22.8 Å². The zero-order valence-corrected chi connectivity index (χ0v) is 11.3. The number of carbonyl (C=O) groups is 2. The van der Waals surface area contributed by atoms with Gasteiger partial charge in [-0.3, -0.25) is 9.59 Å². The van der Waals surface area contributed by atoms with Crippen molar-refractivity contribution >= 4 is 40.2 Å². The molecule has 1 saturated heterocycles. The van der Waals surface area contributed by atoms with E-state index in [1.807, 2.05) is 6.07 Å². The molecule has 1 aromatic rings. The third-order valence-corrected chi connectivity index (χ3v) is 4.15. The van der Waals surface area contributed by atoms with Crippen LogP contribution in [0.3, 0.4) is 0 Å². The van der Waals surface area contributed by atoms with Crippen molar-refractivity contribution in [2.24, 2.45) is 11.8 Å². The molecule has 2 unspecified atom stereocenters. The molecule has 4 nitrogen and oxygen atoms in total. The van der Waals surface area contributed by atoms with Crippen LogP contribution in [0.25, 0.3) is 0 Å². The smallest absolute Gasteiger partial charge is 0.238 e. The highest BCUT2D eigenvalue weighted by atomic mass is 127. The van der Waals surface area contributed by atoms with E-state index in [-0.39, 0.29) is 23.7 Å². The number of fused-ring (bicyclic) bond motifs is 2. The molecule has 0 radical (unpaired) electrons. The number of aromatic nitrogens is 1. The normalized spacial score (nSPS) is 27.7. The summed E-state index contributed by atoms with van der Waals surface area (Å²) < 4.78 is 0.992. The lowest BCUT2D eigenvalue weighted by molar-refractivity contribution is -0.133. The largest absolute Gasteiger partial charge is 0.274 e. The molecule has 3 rings (SSSR count). The van der Waals surface area contributed by atoms with Crippen molar-refractivity contribution in [2.45, 2.75) is 19.3 Å². The number of imide groups is 1. The van der Waals surface area contributed by atoms with Crippen LogP contribution in [0.15, 0.2) is 18.3 Å². The van der Waals surface area contributed by atoms with Gasteiger partial charge in [0.15, 0.2) is 0 Å². The summed E-state index contributed by atoms with van der Waals surface area (Å²) in [6.07, 6.45) is 4.09. The van der Waals surface area contributed by atoms with Crippen molar-refractivity contribution in [2.75, 3.05) is 4.90 Å². The minimum absolute atomic E-state index is 0.0266. The summed E-state index contributed by atoms with van der Waals surface area (Å²) >= 11 is 2.15. The molecule has 1 aliphatic heterocycles. The molecule has 2 atom stereocenters. The molecule has 1 saturated carbocycles. The number of carbonyl (C=O) groups excluding carboxylic acids is 2. The molecule has 17 heavy (non-hydrogen) atoms. The Morgan fingerprint density at radius 3 is 2.35 bits per heavy atom. The maximum atomic E-state index is 12.1. The first-order valence-electron chi connectivity index (χ1n) is 5.66. The fourth-order valence-corrected chi connectivity index (χ4v) is 2.95. The second-order valence-corrected chi connectivity index (χ2v) is 5.80. The Kier molecular flexibility index (Phi) is 2.65. The number of anilines is 1. The van der Waals surface area contributed by atoms with Gasteiger partial charge < -0.3 is 0 Å². The number of pyridine rings is 1. The minimum Gasteiger partial charge on any atom is -0.274 e. The van der Waals surface area contributed by atoms with E-state index < -0.39 is 0 Å². The summed E-state index contributed by atoms with van der Waals surface area (Å²) in [4.78, 5) is 29.7. The van der Waals surface area contributed by atoms with Crippen LogP contribution in [0.1, 0.15) is 19.3 Å². The summed E-state index contributed by atoms with van der Waals surface area (Å²) in [5.74, 6) is 0.379. The summed E-state index contributed by atoms with van der Waals surface area (Å²) in [7, 11) is 0. The van der Waals surface area contributed by atoms with E-state index in [0.29, 0.717) is 5.82 Å². The van der Waals surface area contributed by atoms with Crippen LogP contribution >= 0.6 is 22.6 Å². The Morgan fingerprint density at radius 1 is 1.18 bits per heavy atom. The highest BCUT2D eigenvalue weighted by Gasteiger charge is 2.46. The fourth-order valence-electron chi connectivity index (χ4n) is 2.63. The minimum atomic E-state index is -0.0718. The van der Waals surface area contributed by atoms with Crippen LogP contribution in [0, 0.1) is 15.4 Å². The molecule has 0 spiro atoms. The molecule has 2 amide bonds. The van der Waals surface area contributed by atoms with Gasteiger partial charge in [0.2, 0.25) is 11.8 Å². The number of halogens is 1. The van der Waals surface area contributed by atoms with Crippen molar-refractivity contribution in [3.63, 3.8) is 0 Å². The van der Waals surface area contributed by atoms with E-state index in [4.69, 9.17) is 0 Å². The average Bonchev–Trinajstić information content (AvgIpc) is 2.76. The van der Waals surface area contributed by atoms with Gasteiger partial charge in [0, 0.05) is 21.6 Å². The first-order valence-corrected chi connectivity index (χ1v) is 6.74. The third-order valence-electron chi connectivity index (χ3n) is 3.51. The molecule has 1 aromatic heterocycles. The van der Waals surface area contributed by atoms with Crippen LogP contribution in [-0.2, 0) is 9.59 Å².